The fourth-order valence-corrected chi connectivity index (χ4v) is 3.72. The molecule has 142 valence electrons. The van der Waals surface area contributed by atoms with Crippen molar-refractivity contribution >= 4 is 17.5 Å². The Kier molecular flexibility index (Phi) is 5.59. The molecule has 1 heterocycles. The van der Waals surface area contributed by atoms with Crippen LogP contribution in [0.4, 0.5) is 10.1 Å². The largest absolute Gasteiger partial charge is 0.342 e. The van der Waals surface area contributed by atoms with Gasteiger partial charge < -0.3 is 10.2 Å². The average molecular weight is 368 g/mol. The summed E-state index contributed by atoms with van der Waals surface area (Å²) in [6.45, 7) is 6.76. The highest BCUT2D eigenvalue weighted by atomic mass is 19.1. The molecule has 2 amide bonds. The summed E-state index contributed by atoms with van der Waals surface area (Å²) in [5.74, 6) is -0.822. The maximum Gasteiger partial charge on any atom is 0.229 e. The Morgan fingerprint density at radius 1 is 1.19 bits per heavy atom. The number of carbonyl (C=O) groups is 2. The molecule has 0 radical (unpaired) electrons. The van der Waals surface area contributed by atoms with E-state index in [1.165, 1.54) is 6.07 Å². The number of amides is 2. The fraction of sp³-hybridized carbons (Fsp3) is 0.364. The van der Waals surface area contributed by atoms with E-state index in [2.05, 4.69) is 5.32 Å². The van der Waals surface area contributed by atoms with E-state index in [1.807, 2.05) is 32.9 Å². The molecule has 0 saturated carbocycles. The van der Waals surface area contributed by atoms with Crippen molar-refractivity contribution in [2.24, 2.45) is 5.92 Å². The molecule has 1 N–H and O–H groups in total. The van der Waals surface area contributed by atoms with Crippen molar-refractivity contribution < 1.29 is 14.0 Å². The van der Waals surface area contributed by atoms with Gasteiger partial charge in [-0.1, -0.05) is 35.9 Å². The number of nitrogens with one attached hydrogen (secondary N) is 1. The van der Waals surface area contributed by atoms with Crippen LogP contribution < -0.4 is 5.32 Å². The summed E-state index contributed by atoms with van der Waals surface area (Å²) in [6, 6.07) is 10.6. The molecule has 2 aromatic carbocycles. The zero-order valence-corrected chi connectivity index (χ0v) is 16.0. The van der Waals surface area contributed by atoms with Gasteiger partial charge in [-0.05, 0) is 49.9 Å². The highest BCUT2D eigenvalue weighted by molar-refractivity contribution is 5.98. The van der Waals surface area contributed by atoms with E-state index < -0.39 is 0 Å². The smallest absolute Gasteiger partial charge is 0.229 e. The first-order valence-electron chi connectivity index (χ1n) is 9.25. The van der Waals surface area contributed by atoms with Crippen LogP contribution >= 0.6 is 0 Å². The number of benzene rings is 2. The predicted molar refractivity (Wildman–Crippen MR) is 104 cm³/mol. The lowest BCUT2D eigenvalue weighted by atomic mass is 10.0. The minimum absolute atomic E-state index is 0.0520. The summed E-state index contributed by atoms with van der Waals surface area (Å²) >= 11 is 0. The van der Waals surface area contributed by atoms with Crippen LogP contribution in [0.3, 0.4) is 0 Å². The molecule has 0 spiro atoms. The Morgan fingerprint density at radius 3 is 2.52 bits per heavy atom. The number of nitrogens with zero attached hydrogens (tertiary/aromatic N) is 1. The van der Waals surface area contributed by atoms with E-state index >= 15 is 0 Å². The van der Waals surface area contributed by atoms with Gasteiger partial charge in [0.25, 0.3) is 0 Å². The van der Waals surface area contributed by atoms with E-state index in [9.17, 15) is 14.0 Å². The van der Waals surface area contributed by atoms with E-state index in [0.717, 1.165) is 22.4 Å². The third kappa shape index (κ3) is 4.35. The maximum absolute atomic E-state index is 13.7. The topological polar surface area (TPSA) is 49.4 Å². The Morgan fingerprint density at radius 2 is 1.85 bits per heavy atom. The van der Waals surface area contributed by atoms with Crippen LogP contribution in [0.25, 0.3) is 0 Å². The zero-order valence-electron chi connectivity index (χ0n) is 16.0. The van der Waals surface area contributed by atoms with Gasteiger partial charge in [-0.15, -0.1) is 0 Å². The molecule has 1 aliphatic rings. The Balaban J connectivity index is 1.61. The van der Waals surface area contributed by atoms with Crippen LogP contribution in [0.1, 0.15) is 28.7 Å². The number of likely N-dealkylation sites (tertiary alicyclic amines) is 1. The van der Waals surface area contributed by atoms with Crippen molar-refractivity contribution in [1.29, 1.82) is 0 Å². The van der Waals surface area contributed by atoms with E-state index in [1.54, 1.807) is 23.1 Å². The Hall–Kier alpha value is -2.69. The van der Waals surface area contributed by atoms with Gasteiger partial charge in [0.15, 0.2) is 0 Å². The number of hydrogen-bond donors (Lipinski definition) is 1. The van der Waals surface area contributed by atoms with Crippen LogP contribution in [-0.2, 0) is 16.0 Å². The van der Waals surface area contributed by atoms with Crippen LogP contribution in [0.5, 0.6) is 0 Å². The van der Waals surface area contributed by atoms with Crippen molar-refractivity contribution in [3.05, 3.63) is 64.5 Å². The summed E-state index contributed by atoms with van der Waals surface area (Å²) in [5.41, 5.74) is 4.59. The number of aryl methyl sites for hydroxylation is 3. The van der Waals surface area contributed by atoms with E-state index in [0.29, 0.717) is 25.1 Å². The van der Waals surface area contributed by atoms with Gasteiger partial charge in [-0.3, -0.25) is 9.59 Å². The van der Waals surface area contributed by atoms with Gasteiger partial charge in [0.1, 0.15) is 5.82 Å². The molecule has 1 unspecified atom stereocenters. The minimum atomic E-state index is -0.377. The first-order chi connectivity index (χ1) is 12.8. The molecule has 5 heteroatoms. The lowest BCUT2D eigenvalue weighted by Gasteiger charge is -2.18. The summed E-state index contributed by atoms with van der Waals surface area (Å²) in [5, 5.41) is 2.99. The van der Waals surface area contributed by atoms with E-state index in [4.69, 9.17) is 0 Å². The molecular formula is C22H25FN2O2. The lowest BCUT2D eigenvalue weighted by Crippen LogP contribution is -2.30. The first-order valence-corrected chi connectivity index (χ1v) is 9.25. The standard InChI is InChI=1S/C22H25FN2O2/c1-14-10-15(2)21(16(3)11-14)24-22(27)18-12-20(26)25(13-18)9-8-17-6-4-5-7-19(17)23/h4-7,10-11,18H,8-9,12-13H2,1-3H3,(H,24,27). The normalized spacial score (nSPS) is 16.7. The molecular weight excluding hydrogens is 343 g/mol. The summed E-state index contributed by atoms with van der Waals surface area (Å²) in [4.78, 5) is 26.6. The highest BCUT2D eigenvalue weighted by Gasteiger charge is 2.34. The van der Waals surface area contributed by atoms with Gasteiger partial charge in [-0.25, -0.2) is 4.39 Å². The van der Waals surface area contributed by atoms with Crippen LogP contribution in [0.2, 0.25) is 0 Å². The molecule has 1 atom stereocenters. The van der Waals surface area contributed by atoms with E-state index in [-0.39, 0.29) is 30.0 Å². The summed E-state index contributed by atoms with van der Waals surface area (Å²) in [6.07, 6.45) is 0.649. The number of halogens is 1. The molecule has 4 nitrogen and oxygen atoms in total. The number of rotatable bonds is 5. The third-order valence-electron chi connectivity index (χ3n) is 5.12. The first kappa shape index (κ1) is 19.1. The predicted octanol–water partition coefficient (Wildman–Crippen LogP) is 3.78. The van der Waals surface area contributed by atoms with Crippen molar-refractivity contribution in [2.45, 2.75) is 33.6 Å². The second-order valence-electron chi connectivity index (χ2n) is 7.35. The van der Waals surface area contributed by atoms with Crippen molar-refractivity contribution in [2.75, 3.05) is 18.4 Å². The highest BCUT2D eigenvalue weighted by Crippen LogP contribution is 2.25. The monoisotopic (exact) mass is 368 g/mol. The zero-order chi connectivity index (χ0) is 19.6. The molecule has 27 heavy (non-hydrogen) atoms. The van der Waals surface area contributed by atoms with Gasteiger partial charge in [0.05, 0.1) is 5.92 Å². The summed E-state index contributed by atoms with van der Waals surface area (Å²) < 4.78 is 13.7. The van der Waals surface area contributed by atoms with Gasteiger partial charge >= 0.3 is 0 Å². The van der Waals surface area contributed by atoms with Crippen molar-refractivity contribution in [3.63, 3.8) is 0 Å². The fourth-order valence-electron chi connectivity index (χ4n) is 3.72. The quantitative estimate of drug-likeness (QED) is 0.873. The average Bonchev–Trinajstić information content (AvgIpc) is 2.98. The van der Waals surface area contributed by atoms with Crippen molar-refractivity contribution in [3.8, 4) is 0 Å². The molecule has 1 fully saturated rings. The number of anilines is 1. The second kappa shape index (κ2) is 7.91. The molecule has 0 bridgehead atoms. The van der Waals surface area contributed by atoms with Crippen LogP contribution in [-0.4, -0.2) is 29.8 Å². The minimum Gasteiger partial charge on any atom is -0.342 e. The van der Waals surface area contributed by atoms with Gasteiger partial charge in [0, 0.05) is 25.2 Å². The molecule has 1 aliphatic heterocycles. The molecule has 0 aliphatic carbocycles. The second-order valence-corrected chi connectivity index (χ2v) is 7.35. The van der Waals surface area contributed by atoms with Gasteiger partial charge in [0.2, 0.25) is 11.8 Å². The Labute approximate surface area is 159 Å². The lowest BCUT2D eigenvalue weighted by molar-refractivity contribution is -0.128. The SMILES string of the molecule is Cc1cc(C)c(NC(=O)C2CC(=O)N(CCc3ccccc3F)C2)c(C)c1. The third-order valence-corrected chi connectivity index (χ3v) is 5.12. The summed E-state index contributed by atoms with van der Waals surface area (Å²) in [7, 11) is 0. The van der Waals surface area contributed by atoms with Crippen LogP contribution in [0.15, 0.2) is 36.4 Å². The van der Waals surface area contributed by atoms with Crippen LogP contribution in [0, 0.1) is 32.5 Å². The molecule has 3 rings (SSSR count). The molecule has 0 aromatic heterocycles. The Bertz CT molecular complexity index is 855. The molecule has 2 aromatic rings. The van der Waals surface area contributed by atoms with Gasteiger partial charge in [-0.2, -0.15) is 0 Å². The van der Waals surface area contributed by atoms with Crippen molar-refractivity contribution in [1.82, 2.24) is 4.90 Å². The maximum atomic E-state index is 13.7. The molecule has 1 saturated heterocycles. The number of carbonyl (C=O) groups excluding carboxylic acids is 2. The number of hydrogen-bond acceptors (Lipinski definition) is 2.